The van der Waals surface area contributed by atoms with Crippen molar-refractivity contribution < 1.29 is 13.3 Å². The smallest absolute Gasteiger partial charge is 0.270 e. The maximum absolute atomic E-state index is 12.6. The quantitative estimate of drug-likeness (QED) is 0.483. The zero-order valence-electron chi connectivity index (χ0n) is 12.5. The van der Waals surface area contributed by atoms with Crippen LogP contribution in [-0.4, -0.2) is 31.2 Å². The number of rotatable bonds is 5. The van der Waals surface area contributed by atoms with Gasteiger partial charge in [-0.2, -0.15) is 0 Å². The minimum atomic E-state index is -3.88. The summed E-state index contributed by atoms with van der Waals surface area (Å²) in [7, 11) is -2.45. The molecule has 1 aromatic carbocycles. The Hall–Kier alpha value is -1.71. The maximum atomic E-state index is 12.6. The first kappa shape index (κ1) is 17.3. The molecule has 118 valence electrons. The van der Waals surface area contributed by atoms with Crippen LogP contribution in [0.1, 0.15) is 20.8 Å². The van der Waals surface area contributed by atoms with Crippen molar-refractivity contribution in [2.24, 2.45) is 11.3 Å². The van der Waals surface area contributed by atoms with Crippen LogP contribution in [0.3, 0.4) is 0 Å². The number of hydrogen-bond donors (Lipinski definition) is 2. The van der Waals surface area contributed by atoms with Crippen molar-refractivity contribution >= 4 is 21.4 Å². The molecule has 0 unspecified atom stereocenters. The number of nitrogen functional groups attached to an aromatic ring is 1. The fourth-order valence-electron chi connectivity index (χ4n) is 1.88. The van der Waals surface area contributed by atoms with Crippen molar-refractivity contribution in [3.05, 3.63) is 28.3 Å². The van der Waals surface area contributed by atoms with Crippen molar-refractivity contribution in [3.63, 3.8) is 0 Å². The number of non-ortho nitro benzene ring substituents is 1. The minimum absolute atomic E-state index is 0.112. The second-order valence-electron chi connectivity index (χ2n) is 5.90. The molecule has 21 heavy (non-hydrogen) atoms. The Balaban J connectivity index is 3.35. The number of hydrazine groups is 1. The number of benzene rings is 1. The van der Waals surface area contributed by atoms with Gasteiger partial charge in [-0.05, 0) is 11.5 Å². The lowest BCUT2D eigenvalue weighted by molar-refractivity contribution is -0.385. The summed E-state index contributed by atoms with van der Waals surface area (Å²) in [6.45, 7) is 5.96. The number of hydrogen-bond acceptors (Lipinski definition) is 6. The van der Waals surface area contributed by atoms with Crippen LogP contribution in [0, 0.1) is 15.5 Å². The summed E-state index contributed by atoms with van der Waals surface area (Å²) in [4.78, 5) is 9.96. The molecule has 0 fully saturated rings. The van der Waals surface area contributed by atoms with E-state index < -0.39 is 14.9 Å². The molecule has 1 aromatic rings. The average Bonchev–Trinajstić information content (AvgIpc) is 2.35. The normalized spacial score (nSPS) is 12.5. The number of anilines is 1. The molecule has 0 aliphatic heterocycles. The Morgan fingerprint density at radius 3 is 2.38 bits per heavy atom. The van der Waals surface area contributed by atoms with E-state index in [1.54, 1.807) is 0 Å². The number of nitro benzene ring substituents is 1. The summed E-state index contributed by atoms with van der Waals surface area (Å²) in [5.41, 5.74) is 1.81. The third-order valence-electron chi connectivity index (χ3n) is 2.72. The minimum Gasteiger partial charge on any atom is -0.323 e. The zero-order valence-corrected chi connectivity index (χ0v) is 13.3. The van der Waals surface area contributed by atoms with Crippen LogP contribution >= 0.6 is 0 Å². The van der Waals surface area contributed by atoms with Gasteiger partial charge in [-0.15, -0.1) is 0 Å². The molecule has 0 saturated heterocycles. The molecule has 0 aliphatic carbocycles. The molecule has 0 amide bonds. The largest absolute Gasteiger partial charge is 0.323 e. The Kier molecular flexibility index (Phi) is 4.92. The van der Waals surface area contributed by atoms with Crippen molar-refractivity contribution in [2.45, 2.75) is 25.7 Å². The van der Waals surface area contributed by atoms with Gasteiger partial charge < -0.3 is 5.43 Å². The molecular weight excluding hydrogens is 296 g/mol. The number of sulfonamides is 1. The predicted molar refractivity (Wildman–Crippen MR) is 80.2 cm³/mol. The second kappa shape index (κ2) is 5.96. The molecule has 0 saturated carbocycles. The highest BCUT2D eigenvalue weighted by Gasteiger charge is 2.29. The highest BCUT2D eigenvalue weighted by Crippen LogP contribution is 2.29. The van der Waals surface area contributed by atoms with Gasteiger partial charge in [-0.25, -0.2) is 12.7 Å². The molecule has 0 heterocycles. The van der Waals surface area contributed by atoms with Gasteiger partial charge in [-0.1, -0.05) is 20.8 Å². The van der Waals surface area contributed by atoms with E-state index in [0.29, 0.717) is 0 Å². The van der Waals surface area contributed by atoms with E-state index in [2.05, 4.69) is 5.43 Å². The van der Waals surface area contributed by atoms with Gasteiger partial charge in [0.1, 0.15) is 4.90 Å². The number of nitrogens with two attached hydrogens (primary N) is 1. The third-order valence-corrected chi connectivity index (χ3v) is 4.56. The third kappa shape index (κ3) is 4.13. The van der Waals surface area contributed by atoms with Crippen molar-refractivity contribution in [2.75, 3.05) is 19.0 Å². The lowest BCUT2D eigenvalue weighted by atomic mass is 9.97. The van der Waals surface area contributed by atoms with E-state index >= 15 is 0 Å². The van der Waals surface area contributed by atoms with Gasteiger partial charge in [0, 0.05) is 25.7 Å². The Morgan fingerprint density at radius 1 is 1.38 bits per heavy atom. The summed E-state index contributed by atoms with van der Waals surface area (Å²) < 4.78 is 26.3. The predicted octanol–water partition coefficient (Wildman–Crippen LogP) is 1.55. The van der Waals surface area contributed by atoms with E-state index in [4.69, 9.17) is 5.84 Å². The summed E-state index contributed by atoms with van der Waals surface area (Å²) in [5, 5.41) is 10.8. The molecule has 0 aromatic heterocycles. The summed E-state index contributed by atoms with van der Waals surface area (Å²) in [5.74, 6) is 5.30. The highest BCUT2D eigenvalue weighted by molar-refractivity contribution is 7.89. The zero-order chi connectivity index (χ0) is 16.4. The van der Waals surface area contributed by atoms with Crippen molar-refractivity contribution in [3.8, 4) is 0 Å². The molecule has 9 heteroatoms. The number of nitrogens with zero attached hydrogens (tertiary/aromatic N) is 2. The highest BCUT2D eigenvalue weighted by atomic mass is 32.2. The first-order chi connectivity index (χ1) is 9.49. The number of nitrogens with one attached hydrogen (secondary N) is 1. The van der Waals surface area contributed by atoms with Crippen LogP contribution in [0.25, 0.3) is 0 Å². The average molecular weight is 316 g/mol. The van der Waals surface area contributed by atoms with Crippen LogP contribution in [0.4, 0.5) is 11.4 Å². The van der Waals surface area contributed by atoms with Crippen LogP contribution in [0.2, 0.25) is 0 Å². The molecule has 8 nitrogen and oxygen atoms in total. The SMILES string of the molecule is CN(CC(C)(C)C)S(=O)(=O)c1cc([N+](=O)[O-])ccc1NN. The lowest BCUT2D eigenvalue weighted by Crippen LogP contribution is -2.35. The van der Waals surface area contributed by atoms with E-state index in [1.165, 1.54) is 19.2 Å². The molecule has 0 radical (unpaired) electrons. The van der Waals surface area contributed by atoms with Gasteiger partial charge in [0.05, 0.1) is 10.6 Å². The lowest BCUT2D eigenvalue weighted by Gasteiger charge is -2.26. The van der Waals surface area contributed by atoms with Crippen molar-refractivity contribution in [1.29, 1.82) is 0 Å². The second-order valence-corrected chi connectivity index (χ2v) is 7.92. The first-order valence-electron chi connectivity index (χ1n) is 6.20. The molecule has 0 atom stereocenters. The topological polar surface area (TPSA) is 119 Å². The molecular formula is C12H20N4O4S. The summed E-state index contributed by atoms with van der Waals surface area (Å²) in [6, 6.07) is 3.47. The van der Waals surface area contributed by atoms with Crippen LogP contribution in [0.5, 0.6) is 0 Å². The van der Waals surface area contributed by atoms with Crippen LogP contribution in [0.15, 0.2) is 23.1 Å². The van der Waals surface area contributed by atoms with E-state index in [9.17, 15) is 18.5 Å². The summed E-state index contributed by atoms with van der Waals surface area (Å²) in [6.07, 6.45) is 0. The molecule has 0 spiro atoms. The van der Waals surface area contributed by atoms with Crippen LogP contribution in [-0.2, 0) is 10.0 Å². The van der Waals surface area contributed by atoms with Crippen LogP contribution < -0.4 is 11.3 Å². The van der Waals surface area contributed by atoms with Gasteiger partial charge in [0.2, 0.25) is 10.0 Å². The van der Waals surface area contributed by atoms with Gasteiger partial charge in [0.25, 0.3) is 5.69 Å². The van der Waals surface area contributed by atoms with Gasteiger partial charge in [0.15, 0.2) is 0 Å². The molecule has 1 rings (SSSR count). The Morgan fingerprint density at radius 2 is 1.95 bits per heavy atom. The summed E-state index contributed by atoms with van der Waals surface area (Å²) >= 11 is 0. The van der Waals surface area contributed by atoms with Gasteiger partial charge >= 0.3 is 0 Å². The monoisotopic (exact) mass is 316 g/mol. The first-order valence-corrected chi connectivity index (χ1v) is 7.64. The number of nitro groups is 1. The molecule has 3 N–H and O–H groups in total. The standard InChI is InChI=1S/C12H20N4O4S/c1-12(2,3)8-15(4)21(19,20)11-7-9(16(17)18)5-6-10(11)14-13/h5-7,14H,8,13H2,1-4H3. The van der Waals surface area contributed by atoms with E-state index in [0.717, 1.165) is 10.4 Å². The fourth-order valence-corrected chi connectivity index (χ4v) is 3.45. The Labute approximate surface area is 124 Å². The van der Waals surface area contributed by atoms with E-state index in [-0.39, 0.29) is 28.2 Å². The fraction of sp³-hybridized carbons (Fsp3) is 0.500. The van der Waals surface area contributed by atoms with E-state index in [1.807, 2.05) is 20.8 Å². The maximum Gasteiger partial charge on any atom is 0.270 e. The molecule has 0 aliphatic rings. The van der Waals surface area contributed by atoms with Gasteiger partial charge in [-0.3, -0.25) is 16.0 Å². The Bertz CT molecular complexity index is 637. The molecule has 0 bridgehead atoms. The van der Waals surface area contributed by atoms with Crippen molar-refractivity contribution in [1.82, 2.24) is 4.31 Å².